The molecular formula is C20H22N4O. The number of amides is 1. The molecular weight excluding hydrogens is 312 g/mol. The molecule has 0 radical (unpaired) electrons. The standard InChI is InChI=1S/C20H22N4O/c1-14-5-6-19-16(10-14)11-18(15(2)22-19)20(25)23-8-3-4-17(12-23)24-9-7-21-13-24/h5-7,9-11,13,17H,3-4,8,12H2,1-2H3/t17-/m1/s1. The van der Waals surface area contributed by atoms with Crippen LogP contribution in [-0.2, 0) is 0 Å². The molecule has 1 fully saturated rings. The zero-order chi connectivity index (χ0) is 17.4. The van der Waals surface area contributed by atoms with Crippen molar-refractivity contribution >= 4 is 16.8 Å². The summed E-state index contributed by atoms with van der Waals surface area (Å²) in [5.41, 5.74) is 3.62. The summed E-state index contributed by atoms with van der Waals surface area (Å²) in [7, 11) is 0. The highest BCUT2D eigenvalue weighted by Gasteiger charge is 2.26. The SMILES string of the molecule is Cc1ccc2nc(C)c(C(=O)N3CCC[C@@H](n4ccnc4)C3)cc2c1. The molecule has 4 rings (SSSR count). The van der Waals surface area contributed by atoms with Crippen LogP contribution in [0, 0.1) is 13.8 Å². The zero-order valence-electron chi connectivity index (χ0n) is 14.6. The predicted octanol–water partition coefficient (Wildman–Crippen LogP) is 3.53. The first-order chi connectivity index (χ1) is 12.1. The number of imidazole rings is 1. The molecule has 0 spiro atoms. The Morgan fingerprint density at radius 3 is 2.92 bits per heavy atom. The fourth-order valence-corrected chi connectivity index (χ4v) is 3.65. The van der Waals surface area contributed by atoms with Gasteiger partial charge in [-0.25, -0.2) is 4.98 Å². The molecule has 1 aromatic carbocycles. The molecule has 25 heavy (non-hydrogen) atoms. The van der Waals surface area contributed by atoms with E-state index >= 15 is 0 Å². The summed E-state index contributed by atoms with van der Waals surface area (Å²) >= 11 is 0. The summed E-state index contributed by atoms with van der Waals surface area (Å²) in [5.74, 6) is 0.0817. The number of carbonyl (C=O) groups excluding carboxylic acids is 1. The Bertz CT molecular complexity index is 917. The van der Waals surface area contributed by atoms with E-state index in [9.17, 15) is 4.79 Å². The van der Waals surface area contributed by atoms with Gasteiger partial charge in [-0.1, -0.05) is 11.6 Å². The lowest BCUT2D eigenvalue weighted by Gasteiger charge is -2.33. The average Bonchev–Trinajstić information content (AvgIpc) is 3.16. The van der Waals surface area contributed by atoms with Crippen LogP contribution in [0.5, 0.6) is 0 Å². The highest BCUT2D eigenvalue weighted by molar-refractivity contribution is 5.98. The zero-order valence-corrected chi connectivity index (χ0v) is 14.6. The predicted molar refractivity (Wildman–Crippen MR) is 97.6 cm³/mol. The van der Waals surface area contributed by atoms with Crippen molar-refractivity contribution in [2.45, 2.75) is 32.7 Å². The topological polar surface area (TPSA) is 51.0 Å². The highest BCUT2D eigenvalue weighted by Crippen LogP contribution is 2.25. The number of rotatable bonds is 2. The van der Waals surface area contributed by atoms with Gasteiger partial charge < -0.3 is 9.47 Å². The van der Waals surface area contributed by atoms with Crippen molar-refractivity contribution in [3.63, 3.8) is 0 Å². The number of benzene rings is 1. The van der Waals surface area contributed by atoms with Crippen molar-refractivity contribution in [2.24, 2.45) is 0 Å². The van der Waals surface area contributed by atoms with Gasteiger partial charge in [-0.05, 0) is 44.9 Å². The molecule has 1 amide bonds. The fraction of sp³-hybridized carbons (Fsp3) is 0.350. The van der Waals surface area contributed by atoms with Crippen LogP contribution in [0.1, 0.15) is 40.5 Å². The summed E-state index contributed by atoms with van der Waals surface area (Å²) in [4.78, 5) is 23.9. The molecule has 0 saturated carbocycles. The van der Waals surface area contributed by atoms with E-state index in [4.69, 9.17) is 0 Å². The van der Waals surface area contributed by atoms with Crippen LogP contribution in [-0.4, -0.2) is 38.4 Å². The number of likely N-dealkylation sites (tertiary alicyclic amines) is 1. The van der Waals surface area contributed by atoms with E-state index in [1.165, 1.54) is 5.56 Å². The Kier molecular flexibility index (Phi) is 3.99. The van der Waals surface area contributed by atoms with Crippen molar-refractivity contribution in [3.05, 3.63) is 59.8 Å². The number of hydrogen-bond acceptors (Lipinski definition) is 3. The molecule has 1 aliphatic rings. The molecule has 3 heterocycles. The van der Waals surface area contributed by atoms with Gasteiger partial charge in [-0.15, -0.1) is 0 Å². The third kappa shape index (κ3) is 3.02. The third-order valence-corrected chi connectivity index (χ3v) is 5.02. The van der Waals surface area contributed by atoms with Crippen molar-refractivity contribution in [3.8, 4) is 0 Å². The number of fused-ring (bicyclic) bond motifs is 1. The number of carbonyl (C=O) groups is 1. The molecule has 1 atom stereocenters. The first-order valence-corrected chi connectivity index (χ1v) is 8.76. The lowest BCUT2D eigenvalue weighted by Crippen LogP contribution is -2.40. The van der Waals surface area contributed by atoms with Gasteiger partial charge in [-0.2, -0.15) is 0 Å². The average molecular weight is 334 g/mol. The molecule has 128 valence electrons. The summed E-state index contributed by atoms with van der Waals surface area (Å²) in [5, 5.41) is 1.03. The second kappa shape index (κ2) is 6.31. The molecule has 2 aromatic heterocycles. The number of aromatic nitrogens is 3. The quantitative estimate of drug-likeness (QED) is 0.720. The van der Waals surface area contributed by atoms with Crippen molar-refractivity contribution < 1.29 is 4.79 Å². The number of aryl methyl sites for hydroxylation is 2. The molecule has 0 N–H and O–H groups in total. The first-order valence-electron chi connectivity index (χ1n) is 8.76. The molecule has 0 unspecified atom stereocenters. The van der Waals surface area contributed by atoms with Crippen molar-refractivity contribution in [1.29, 1.82) is 0 Å². The maximum atomic E-state index is 13.1. The van der Waals surface area contributed by atoms with Crippen LogP contribution in [0.15, 0.2) is 43.0 Å². The Balaban J connectivity index is 1.63. The van der Waals surface area contributed by atoms with E-state index in [0.29, 0.717) is 11.6 Å². The van der Waals surface area contributed by atoms with Crippen molar-refractivity contribution in [2.75, 3.05) is 13.1 Å². The minimum Gasteiger partial charge on any atom is -0.337 e. The molecule has 0 bridgehead atoms. The van der Waals surface area contributed by atoms with Crippen LogP contribution in [0.4, 0.5) is 0 Å². The Morgan fingerprint density at radius 2 is 2.12 bits per heavy atom. The molecule has 1 aliphatic heterocycles. The monoisotopic (exact) mass is 334 g/mol. The summed E-state index contributed by atoms with van der Waals surface area (Å²) in [6, 6.07) is 8.45. The molecule has 5 nitrogen and oxygen atoms in total. The number of piperidine rings is 1. The summed E-state index contributed by atoms with van der Waals surface area (Å²) in [6.45, 7) is 5.50. The van der Waals surface area contributed by atoms with E-state index in [1.807, 2.05) is 36.5 Å². The maximum Gasteiger partial charge on any atom is 0.255 e. The Labute approximate surface area is 147 Å². The second-order valence-corrected chi connectivity index (χ2v) is 6.87. The maximum absolute atomic E-state index is 13.1. The van der Waals surface area contributed by atoms with Gasteiger partial charge in [0.15, 0.2) is 0 Å². The lowest BCUT2D eigenvalue weighted by atomic mass is 10.0. The molecule has 1 saturated heterocycles. The van der Waals surface area contributed by atoms with Crippen LogP contribution in [0.25, 0.3) is 10.9 Å². The number of nitrogens with zero attached hydrogens (tertiary/aromatic N) is 4. The second-order valence-electron chi connectivity index (χ2n) is 6.87. The Hall–Kier alpha value is -2.69. The normalized spacial score (nSPS) is 17.8. The van der Waals surface area contributed by atoms with Gasteiger partial charge in [0, 0.05) is 30.9 Å². The Morgan fingerprint density at radius 1 is 1.24 bits per heavy atom. The number of pyridine rings is 1. The molecule has 3 aromatic rings. The lowest BCUT2D eigenvalue weighted by molar-refractivity contribution is 0.0678. The van der Waals surface area contributed by atoms with E-state index < -0.39 is 0 Å². The first kappa shape index (κ1) is 15.8. The van der Waals surface area contributed by atoms with Gasteiger partial charge in [0.25, 0.3) is 5.91 Å². The van der Waals surface area contributed by atoms with Crippen molar-refractivity contribution in [1.82, 2.24) is 19.4 Å². The van der Waals surface area contributed by atoms with E-state index in [0.717, 1.165) is 42.5 Å². The highest BCUT2D eigenvalue weighted by atomic mass is 16.2. The van der Waals surface area contributed by atoms with Gasteiger partial charge in [0.2, 0.25) is 0 Å². The van der Waals surface area contributed by atoms with Gasteiger partial charge in [-0.3, -0.25) is 9.78 Å². The molecule has 0 aliphatic carbocycles. The summed E-state index contributed by atoms with van der Waals surface area (Å²) in [6.07, 6.45) is 7.69. The van der Waals surface area contributed by atoms with Gasteiger partial charge in [0.1, 0.15) is 0 Å². The van der Waals surface area contributed by atoms with E-state index in [-0.39, 0.29) is 5.91 Å². The van der Waals surface area contributed by atoms with E-state index in [2.05, 4.69) is 33.6 Å². The minimum absolute atomic E-state index is 0.0817. The summed E-state index contributed by atoms with van der Waals surface area (Å²) < 4.78 is 2.11. The van der Waals surface area contributed by atoms with Gasteiger partial charge >= 0.3 is 0 Å². The largest absolute Gasteiger partial charge is 0.337 e. The van der Waals surface area contributed by atoms with Crippen LogP contribution in [0.3, 0.4) is 0 Å². The third-order valence-electron chi connectivity index (χ3n) is 5.02. The number of hydrogen-bond donors (Lipinski definition) is 0. The smallest absolute Gasteiger partial charge is 0.255 e. The van der Waals surface area contributed by atoms with E-state index in [1.54, 1.807) is 6.20 Å². The van der Waals surface area contributed by atoms with Crippen LogP contribution in [0.2, 0.25) is 0 Å². The van der Waals surface area contributed by atoms with Crippen LogP contribution >= 0.6 is 0 Å². The van der Waals surface area contributed by atoms with Gasteiger partial charge in [0.05, 0.1) is 29.1 Å². The fourth-order valence-electron chi connectivity index (χ4n) is 3.65. The molecule has 5 heteroatoms. The van der Waals surface area contributed by atoms with Crippen LogP contribution < -0.4 is 0 Å². The minimum atomic E-state index is 0.0817.